The largest absolute Gasteiger partial charge is 0.378 e. The van der Waals surface area contributed by atoms with Gasteiger partial charge in [0.2, 0.25) is 11.8 Å². The first kappa shape index (κ1) is 18.4. The first-order valence-electron chi connectivity index (χ1n) is 7.86. The highest BCUT2D eigenvalue weighted by molar-refractivity contribution is 6.14. The van der Waals surface area contributed by atoms with Crippen LogP contribution >= 0.6 is 0 Å². The zero-order chi connectivity index (χ0) is 18.6. The highest BCUT2D eigenvalue weighted by Crippen LogP contribution is 2.23. The second-order valence-corrected chi connectivity index (χ2v) is 6.48. The minimum atomic E-state index is -1.30. The van der Waals surface area contributed by atoms with Crippen LogP contribution in [0.3, 0.4) is 0 Å². The van der Waals surface area contributed by atoms with Crippen LogP contribution in [0.5, 0.6) is 0 Å². The van der Waals surface area contributed by atoms with Crippen LogP contribution in [0.4, 0.5) is 21.5 Å². The Morgan fingerprint density at radius 2 is 1.24 bits per heavy atom. The van der Waals surface area contributed by atoms with Crippen LogP contribution in [-0.2, 0) is 9.59 Å². The summed E-state index contributed by atoms with van der Waals surface area (Å²) in [5.74, 6) is -1.29. The molecule has 0 heterocycles. The van der Waals surface area contributed by atoms with E-state index in [1.807, 2.05) is 31.1 Å². The molecule has 0 saturated carbocycles. The Kier molecular flexibility index (Phi) is 5.41. The van der Waals surface area contributed by atoms with Crippen molar-refractivity contribution in [2.75, 3.05) is 29.6 Å². The number of nitrogens with zero attached hydrogens (tertiary/aromatic N) is 1. The minimum absolute atomic E-state index is 0.392. The van der Waals surface area contributed by atoms with Gasteiger partial charge in [0.05, 0.1) is 0 Å². The van der Waals surface area contributed by atoms with Crippen LogP contribution in [0.25, 0.3) is 0 Å². The molecule has 6 heteroatoms. The molecule has 0 aliphatic heterocycles. The lowest BCUT2D eigenvalue weighted by Gasteiger charge is -2.23. The Morgan fingerprint density at radius 1 is 0.840 bits per heavy atom. The SMILES string of the molecule is CN(C)c1ccc(NC(=O)C(C)(C)C(=O)Nc2ccc(F)cc2)cc1. The molecule has 2 rings (SSSR count). The van der Waals surface area contributed by atoms with Gasteiger partial charge in [-0.15, -0.1) is 0 Å². The van der Waals surface area contributed by atoms with Crippen molar-refractivity contribution >= 4 is 28.9 Å². The highest BCUT2D eigenvalue weighted by Gasteiger charge is 2.36. The van der Waals surface area contributed by atoms with Crippen LogP contribution in [0.15, 0.2) is 48.5 Å². The van der Waals surface area contributed by atoms with Crippen molar-refractivity contribution in [3.05, 3.63) is 54.3 Å². The predicted molar refractivity (Wildman–Crippen MR) is 98.2 cm³/mol. The van der Waals surface area contributed by atoms with E-state index in [1.165, 1.54) is 38.1 Å². The lowest BCUT2D eigenvalue weighted by atomic mass is 9.90. The minimum Gasteiger partial charge on any atom is -0.378 e. The summed E-state index contributed by atoms with van der Waals surface area (Å²) < 4.78 is 12.9. The summed E-state index contributed by atoms with van der Waals surface area (Å²) in [4.78, 5) is 26.9. The third-order valence-electron chi connectivity index (χ3n) is 3.88. The summed E-state index contributed by atoms with van der Waals surface area (Å²) in [7, 11) is 3.85. The van der Waals surface area contributed by atoms with Gasteiger partial charge in [0.15, 0.2) is 0 Å². The zero-order valence-corrected chi connectivity index (χ0v) is 14.8. The molecule has 2 aromatic carbocycles. The average molecular weight is 343 g/mol. The van der Waals surface area contributed by atoms with Crippen molar-refractivity contribution in [3.8, 4) is 0 Å². The monoisotopic (exact) mass is 343 g/mol. The van der Waals surface area contributed by atoms with Crippen LogP contribution < -0.4 is 15.5 Å². The molecule has 2 N–H and O–H groups in total. The molecule has 0 aliphatic rings. The zero-order valence-electron chi connectivity index (χ0n) is 14.8. The van der Waals surface area contributed by atoms with Gasteiger partial charge >= 0.3 is 0 Å². The van der Waals surface area contributed by atoms with E-state index in [-0.39, 0.29) is 0 Å². The number of carbonyl (C=O) groups is 2. The second-order valence-electron chi connectivity index (χ2n) is 6.48. The van der Waals surface area contributed by atoms with Crippen molar-refractivity contribution in [1.82, 2.24) is 0 Å². The number of hydrogen-bond donors (Lipinski definition) is 2. The lowest BCUT2D eigenvalue weighted by molar-refractivity contribution is -0.135. The third-order valence-corrected chi connectivity index (χ3v) is 3.88. The van der Waals surface area contributed by atoms with Gasteiger partial charge in [-0.2, -0.15) is 0 Å². The van der Waals surface area contributed by atoms with Crippen LogP contribution in [0.2, 0.25) is 0 Å². The number of benzene rings is 2. The fraction of sp³-hybridized carbons (Fsp3) is 0.263. The maximum atomic E-state index is 12.9. The smallest absolute Gasteiger partial charge is 0.239 e. The summed E-state index contributed by atoms with van der Waals surface area (Å²) in [6.45, 7) is 3.07. The van der Waals surface area contributed by atoms with Crippen LogP contribution in [0, 0.1) is 11.2 Å². The number of halogens is 1. The van der Waals surface area contributed by atoms with Gasteiger partial charge in [-0.3, -0.25) is 9.59 Å². The second kappa shape index (κ2) is 7.34. The Labute approximate surface area is 146 Å². The topological polar surface area (TPSA) is 61.4 Å². The van der Waals surface area contributed by atoms with Crippen molar-refractivity contribution in [3.63, 3.8) is 0 Å². The molecule has 0 radical (unpaired) electrons. The number of hydrogen-bond acceptors (Lipinski definition) is 3. The van der Waals surface area contributed by atoms with Crippen molar-refractivity contribution in [1.29, 1.82) is 0 Å². The standard InChI is InChI=1S/C19H22FN3O2/c1-19(2,17(24)21-14-7-5-13(20)6-8-14)18(25)22-15-9-11-16(12-10-15)23(3)4/h5-12H,1-4H3,(H,21,24)(H,22,25). The first-order chi connectivity index (χ1) is 11.7. The molecule has 0 unspecified atom stereocenters. The summed E-state index contributed by atoms with van der Waals surface area (Å²) in [5, 5.41) is 5.37. The Hall–Kier alpha value is -2.89. The van der Waals surface area contributed by atoms with Gasteiger partial charge in [-0.1, -0.05) is 0 Å². The van der Waals surface area contributed by atoms with Gasteiger partial charge < -0.3 is 15.5 Å². The molecule has 0 aromatic heterocycles. The van der Waals surface area contributed by atoms with Crippen LogP contribution in [0.1, 0.15) is 13.8 Å². The summed E-state index contributed by atoms with van der Waals surface area (Å²) in [5.41, 5.74) is 0.751. The molecule has 0 saturated heterocycles. The fourth-order valence-electron chi connectivity index (χ4n) is 2.05. The first-order valence-corrected chi connectivity index (χ1v) is 7.86. The van der Waals surface area contributed by atoms with Gasteiger partial charge in [0.25, 0.3) is 0 Å². The molecule has 0 spiro atoms. The average Bonchev–Trinajstić information content (AvgIpc) is 2.57. The lowest BCUT2D eigenvalue weighted by Crippen LogP contribution is -2.41. The van der Waals surface area contributed by atoms with E-state index in [2.05, 4.69) is 10.6 Å². The molecule has 2 amide bonds. The van der Waals surface area contributed by atoms with Crippen LogP contribution in [-0.4, -0.2) is 25.9 Å². The van der Waals surface area contributed by atoms with E-state index in [9.17, 15) is 14.0 Å². The Balaban J connectivity index is 2.05. The van der Waals surface area contributed by atoms with E-state index in [1.54, 1.807) is 12.1 Å². The van der Waals surface area contributed by atoms with Crippen molar-refractivity contribution in [2.24, 2.45) is 5.41 Å². The quantitative estimate of drug-likeness (QED) is 0.817. The Bertz CT molecular complexity index is 753. The molecule has 0 atom stereocenters. The van der Waals surface area contributed by atoms with E-state index < -0.39 is 23.0 Å². The maximum absolute atomic E-state index is 12.9. The normalized spacial score (nSPS) is 10.9. The van der Waals surface area contributed by atoms with E-state index in [0.29, 0.717) is 11.4 Å². The number of anilines is 3. The van der Waals surface area contributed by atoms with E-state index >= 15 is 0 Å². The van der Waals surface area contributed by atoms with Gasteiger partial charge in [0.1, 0.15) is 11.2 Å². The van der Waals surface area contributed by atoms with E-state index in [0.717, 1.165) is 5.69 Å². The predicted octanol–water partition coefficient (Wildman–Crippen LogP) is 3.50. The fourth-order valence-corrected chi connectivity index (χ4v) is 2.05. The number of nitrogens with one attached hydrogen (secondary N) is 2. The number of carbonyl (C=O) groups excluding carboxylic acids is 2. The molecule has 132 valence electrons. The molecule has 2 aromatic rings. The maximum Gasteiger partial charge on any atom is 0.239 e. The summed E-state index contributed by atoms with van der Waals surface area (Å²) >= 11 is 0. The third kappa shape index (κ3) is 4.56. The molecule has 25 heavy (non-hydrogen) atoms. The van der Waals surface area contributed by atoms with Gasteiger partial charge in [0, 0.05) is 31.2 Å². The molecule has 5 nitrogen and oxygen atoms in total. The molecule has 0 bridgehead atoms. The summed E-state index contributed by atoms with van der Waals surface area (Å²) in [6, 6.07) is 12.7. The number of amides is 2. The van der Waals surface area contributed by atoms with Crippen molar-refractivity contribution < 1.29 is 14.0 Å². The highest BCUT2D eigenvalue weighted by atomic mass is 19.1. The number of rotatable bonds is 5. The molecular weight excluding hydrogens is 321 g/mol. The van der Waals surface area contributed by atoms with Gasteiger partial charge in [-0.05, 0) is 62.4 Å². The summed E-state index contributed by atoms with van der Waals surface area (Å²) in [6.07, 6.45) is 0. The molecule has 0 fully saturated rings. The Morgan fingerprint density at radius 3 is 1.64 bits per heavy atom. The molecular formula is C19H22FN3O2. The van der Waals surface area contributed by atoms with Crippen molar-refractivity contribution in [2.45, 2.75) is 13.8 Å². The molecule has 0 aliphatic carbocycles. The van der Waals surface area contributed by atoms with Gasteiger partial charge in [-0.25, -0.2) is 4.39 Å². The van der Waals surface area contributed by atoms with E-state index in [4.69, 9.17) is 0 Å².